The fraction of sp³-hybridized carbons (Fsp3) is 0.154. The minimum absolute atomic E-state index is 0.368. The van der Waals surface area contributed by atoms with Gasteiger partial charge in [0.2, 0.25) is 0 Å². The Labute approximate surface area is 99.2 Å². The first-order valence-corrected chi connectivity index (χ1v) is 5.16. The number of aromatic amines is 1. The summed E-state index contributed by atoms with van der Waals surface area (Å²) in [6.07, 6.45) is 3.37. The van der Waals surface area contributed by atoms with Crippen LogP contribution in [0.15, 0.2) is 36.7 Å². The SMILES string of the molecule is COC(=O)c1c[nH]cc1-c1ccccc1OC. The summed E-state index contributed by atoms with van der Waals surface area (Å²) in [4.78, 5) is 14.5. The molecular formula is C13H13NO3. The van der Waals surface area contributed by atoms with Crippen LogP contribution in [0.3, 0.4) is 0 Å². The number of esters is 1. The summed E-state index contributed by atoms with van der Waals surface area (Å²) in [6, 6.07) is 7.52. The van der Waals surface area contributed by atoms with Gasteiger partial charge in [0.25, 0.3) is 0 Å². The van der Waals surface area contributed by atoms with Gasteiger partial charge in [0.05, 0.1) is 19.8 Å². The molecule has 1 N–H and O–H groups in total. The van der Waals surface area contributed by atoms with E-state index in [1.54, 1.807) is 19.5 Å². The largest absolute Gasteiger partial charge is 0.496 e. The lowest BCUT2D eigenvalue weighted by Crippen LogP contribution is -2.01. The minimum atomic E-state index is -0.368. The summed E-state index contributed by atoms with van der Waals surface area (Å²) in [5.41, 5.74) is 2.13. The van der Waals surface area contributed by atoms with E-state index < -0.39 is 0 Å². The third kappa shape index (κ3) is 2.01. The number of methoxy groups -OCH3 is 2. The molecule has 2 rings (SSSR count). The van der Waals surface area contributed by atoms with E-state index in [4.69, 9.17) is 9.47 Å². The van der Waals surface area contributed by atoms with Gasteiger partial charge in [0.15, 0.2) is 0 Å². The normalized spacial score (nSPS) is 10.0. The summed E-state index contributed by atoms with van der Waals surface area (Å²) in [7, 11) is 2.96. The average Bonchev–Trinajstić information content (AvgIpc) is 2.86. The van der Waals surface area contributed by atoms with Crippen molar-refractivity contribution in [2.24, 2.45) is 0 Å². The molecule has 1 heterocycles. The molecule has 0 saturated carbocycles. The molecule has 0 spiro atoms. The summed E-state index contributed by atoms with van der Waals surface area (Å²) in [5.74, 6) is 0.351. The summed E-state index contributed by atoms with van der Waals surface area (Å²) in [6.45, 7) is 0. The van der Waals surface area contributed by atoms with Gasteiger partial charge in [0.1, 0.15) is 5.75 Å². The molecule has 1 aromatic carbocycles. The van der Waals surface area contributed by atoms with Crippen LogP contribution in [0, 0.1) is 0 Å². The molecule has 2 aromatic rings. The van der Waals surface area contributed by atoms with Crippen molar-refractivity contribution >= 4 is 5.97 Å². The van der Waals surface area contributed by atoms with Crippen molar-refractivity contribution in [2.75, 3.05) is 14.2 Å². The highest BCUT2D eigenvalue weighted by atomic mass is 16.5. The molecule has 0 radical (unpaired) electrons. The molecule has 0 amide bonds. The fourth-order valence-electron chi connectivity index (χ4n) is 1.73. The molecule has 0 unspecified atom stereocenters. The van der Waals surface area contributed by atoms with Crippen LogP contribution in [0.25, 0.3) is 11.1 Å². The van der Waals surface area contributed by atoms with Crippen molar-refractivity contribution in [2.45, 2.75) is 0 Å². The maximum Gasteiger partial charge on any atom is 0.340 e. The molecule has 4 heteroatoms. The van der Waals surface area contributed by atoms with Crippen LogP contribution in [-0.4, -0.2) is 25.2 Å². The van der Waals surface area contributed by atoms with Gasteiger partial charge >= 0.3 is 5.97 Å². The van der Waals surface area contributed by atoms with Crippen LogP contribution >= 0.6 is 0 Å². The predicted octanol–water partition coefficient (Wildman–Crippen LogP) is 2.48. The monoisotopic (exact) mass is 231 g/mol. The van der Waals surface area contributed by atoms with Crippen LogP contribution in [0.1, 0.15) is 10.4 Å². The Hall–Kier alpha value is -2.23. The van der Waals surface area contributed by atoms with E-state index in [-0.39, 0.29) is 5.97 Å². The number of nitrogens with one attached hydrogen (secondary N) is 1. The van der Waals surface area contributed by atoms with Crippen molar-refractivity contribution in [1.29, 1.82) is 0 Å². The Morgan fingerprint density at radius 1 is 1.12 bits per heavy atom. The lowest BCUT2D eigenvalue weighted by atomic mass is 10.0. The summed E-state index contributed by atoms with van der Waals surface area (Å²) in [5, 5.41) is 0. The van der Waals surface area contributed by atoms with Crippen molar-refractivity contribution in [3.63, 3.8) is 0 Å². The Balaban J connectivity index is 2.53. The quantitative estimate of drug-likeness (QED) is 0.825. The molecule has 88 valence electrons. The first kappa shape index (κ1) is 11.3. The zero-order valence-electron chi connectivity index (χ0n) is 9.69. The highest BCUT2D eigenvalue weighted by Crippen LogP contribution is 2.32. The van der Waals surface area contributed by atoms with E-state index in [1.807, 2.05) is 24.3 Å². The van der Waals surface area contributed by atoms with Gasteiger partial charge in [-0.05, 0) is 6.07 Å². The van der Waals surface area contributed by atoms with Crippen LogP contribution in [0.5, 0.6) is 5.75 Å². The standard InChI is InChI=1S/C13H13NO3/c1-16-12-6-4-3-5-9(12)10-7-14-8-11(10)13(15)17-2/h3-8,14H,1-2H3. The van der Waals surface area contributed by atoms with E-state index in [0.29, 0.717) is 5.56 Å². The fourth-order valence-corrected chi connectivity index (χ4v) is 1.73. The highest BCUT2D eigenvalue weighted by molar-refractivity contribution is 5.97. The molecule has 0 aliphatic rings. The lowest BCUT2D eigenvalue weighted by Gasteiger charge is -2.08. The number of rotatable bonds is 3. The molecular weight excluding hydrogens is 218 g/mol. The molecule has 4 nitrogen and oxygen atoms in total. The Bertz CT molecular complexity index is 531. The van der Waals surface area contributed by atoms with Crippen LogP contribution in [-0.2, 0) is 4.74 Å². The smallest absolute Gasteiger partial charge is 0.340 e. The molecule has 0 atom stereocenters. The number of ether oxygens (including phenoxy) is 2. The first-order valence-electron chi connectivity index (χ1n) is 5.16. The number of H-pyrrole nitrogens is 1. The third-order valence-corrected chi connectivity index (χ3v) is 2.55. The molecule has 0 aliphatic carbocycles. The minimum Gasteiger partial charge on any atom is -0.496 e. The predicted molar refractivity (Wildman–Crippen MR) is 64.1 cm³/mol. The van der Waals surface area contributed by atoms with Crippen molar-refractivity contribution in [3.05, 3.63) is 42.2 Å². The maximum absolute atomic E-state index is 11.6. The molecule has 0 saturated heterocycles. The van der Waals surface area contributed by atoms with Crippen molar-refractivity contribution in [1.82, 2.24) is 4.98 Å². The molecule has 0 aliphatic heterocycles. The lowest BCUT2D eigenvalue weighted by molar-refractivity contribution is 0.0602. The van der Waals surface area contributed by atoms with E-state index in [2.05, 4.69) is 4.98 Å². The Kier molecular flexibility index (Phi) is 3.14. The number of para-hydroxylation sites is 1. The van der Waals surface area contributed by atoms with Gasteiger partial charge in [0, 0.05) is 23.5 Å². The van der Waals surface area contributed by atoms with Gasteiger partial charge in [-0.25, -0.2) is 4.79 Å². The molecule has 0 bridgehead atoms. The molecule has 1 aromatic heterocycles. The second-order valence-corrected chi connectivity index (χ2v) is 3.47. The average molecular weight is 231 g/mol. The van der Waals surface area contributed by atoms with Crippen LogP contribution < -0.4 is 4.74 Å². The number of hydrogen-bond donors (Lipinski definition) is 1. The number of aromatic nitrogens is 1. The third-order valence-electron chi connectivity index (χ3n) is 2.55. The molecule has 0 fully saturated rings. The summed E-state index contributed by atoms with van der Waals surface area (Å²) >= 11 is 0. The van der Waals surface area contributed by atoms with E-state index in [1.165, 1.54) is 7.11 Å². The van der Waals surface area contributed by atoms with Gasteiger partial charge in [-0.1, -0.05) is 18.2 Å². The van der Waals surface area contributed by atoms with Gasteiger partial charge in [-0.3, -0.25) is 0 Å². The zero-order valence-corrected chi connectivity index (χ0v) is 9.69. The zero-order chi connectivity index (χ0) is 12.3. The van der Waals surface area contributed by atoms with Crippen molar-refractivity contribution in [3.8, 4) is 16.9 Å². The van der Waals surface area contributed by atoms with Crippen LogP contribution in [0.2, 0.25) is 0 Å². The van der Waals surface area contributed by atoms with E-state index in [0.717, 1.165) is 16.9 Å². The summed E-state index contributed by atoms with van der Waals surface area (Å²) < 4.78 is 10.0. The topological polar surface area (TPSA) is 51.3 Å². The van der Waals surface area contributed by atoms with Crippen molar-refractivity contribution < 1.29 is 14.3 Å². The number of carbonyl (C=O) groups is 1. The first-order chi connectivity index (χ1) is 8.27. The maximum atomic E-state index is 11.6. The number of hydrogen-bond acceptors (Lipinski definition) is 3. The van der Waals surface area contributed by atoms with Gasteiger partial charge < -0.3 is 14.5 Å². The molecule has 17 heavy (non-hydrogen) atoms. The second-order valence-electron chi connectivity index (χ2n) is 3.47. The van der Waals surface area contributed by atoms with Gasteiger partial charge in [-0.15, -0.1) is 0 Å². The Morgan fingerprint density at radius 3 is 2.59 bits per heavy atom. The number of benzene rings is 1. The van der Waals surface area contributed by atoms with Crippen LogP contribution in [0.4, 0.5) is 0 Å². The van der Waals surface area contributed by atoms with E-state index in [9.17, 15) is 4.79 Å². The second kappa shape index (κ2) is 4.74. The van der Waals surface area contributed by atoms with E-state index >= 15 is 0 Å². The highest BCUT2D eigenvalue weighted by Gasteiger charge is 2.16. The number of carbonyl (C=O) groups excluding carboxylic acids is 1. The Morgan fingerprint density at radius 2 is 1.88 bits per heavy atom. The van der Waals surface area contributed by atoms with Gasteiger partial charge in [-0.2, -0.15) is 0 Å².